The van der Waals surface area contributed by atoms with Crippen molar-refractivity contribution in [1.82, 2.24) is 4.90 Å². The Bertz CT molecular complexity index is 418. The maximum Gasteiger partial charge on any atom is 0.265 e. The predicted octanol–water partition coefficient (Wildman–Crippen LogP) is 3.19. The molecule has 0 bridgehead atoms. The molecule has 0 radical (unpaired) electrons. The van der Waals surface area contributed by atoms with Gasteiger partial charge in [-0.25, -0.2) is 0 Å². The Labute approximate surface area is 124 Å². The summed E-state index contributed by atoms with van der Waals surface area (Å²) in [5.74, 6) is -0.0328. The highest BCUT2D eigenvalue weighted by Gasteiger charge is 2.24. The third kappa shape index (κ3) is 4.12. The highest BCUT2D eigenvalue weighted by molar-refractivity contribution is 7.13. The summed E-state index contributed by atoms with van der Waals surface area (Å²) in [6.45, 7) is 7.15. The minimum Gasteiger partial charge on any atom is -0.340 e. The number of halogens is 2. The molecule has 1 amide bonds. The highest BCUT2D eigenvalue weighted by Crippen LogP contribution is 2.28. The first kappa shape index (κ1) is 17.7. The second-order valence-corrected chi connectivity index (χ2v) is 6.35. The zero-order valence-corrected chi connectivity index (χ0v) is 13.5. The molecule has 1 rings (SSSR count). The molecule has 0 spiro atoms. The number of nitrogens with two attached hydrogens (primary N) is 1. The maximum absolute atomic E-state index is 12.2. The molecule has 6 heteroatoms. The SMILES string of the molecule is Cc1csc(C(=O)N(C)CC(C)(C)CN)c1Cl.Cl. The standard InChI is InChI=1S/C12H19ClN2OS.ClH/c1-8-5-17-10(9(8)13)11(16)15(4)7-12(2,3)6-14;/h5H,6-7,14H2,1-4H3;1H. The molecule has 1 heterocycles. The van der Waals surface area contributed by atoms with E-state index in [1.165, 1.54) is 11.3 Å². The van der Waals surface area contributed by atoms with E-state index in [0.29, 0.717) is 23.0 Å². The van der Waals surface area contributed by atoms with E-state index in [1.807, 2.05) is 26.2 Å². The topological polar surface area (TPSA) is 46.3 Å². The number of nitrogens with zero attached hydrogens (tertiary/aromatic N) is 1. The van der Waals surface area contributed by atoms with Gasteiger partial charge in [0.05, 0.1) is 5.02 Å². The van der Waals surface area contributed by atoms with Crippen molar-refractivity contribution >= 4 is 41.3 Å². The Morgan fingerprint density at radius 2 is 2.11 bits per heavy atom. The molecule has 0 aromatic carbocycles. The smallest absolute Gasteiger partial charge is 0.265 e. The molecule has 0 unspecified atom stereocenters. The molecule has 2 N–H and O–H groups in total. The normalized spacial score (nSPS) is 11.0. The van der Waals surface area contributed by atoms with Gasteiger partial charge in [-0.1, -0.05) is 25.4 Å². The van der Waals surface area contributed by atoms with Crippen LogP contribution in [0.3, 0.4) is 0 Å². The molecule has 1 aromatic heterocycles. The van der Waals surface area contributed by atoms with Crippen LogP contribution in [0.15, 0.2) is 5.38 Å². The second kappa shape index (κ2) is 6.75. The summed E-state index contributed by atoms with van der Waals surface area (Å²) in [4.78, 5) is 14.5. The average Bonchev–Trinajstić information content (AvgIpc) is 2.58. The molecule has 0 aliphatic carbocycles. The third-order valence-corrected chi connectivity index (χ3v) is 4.34. The minimum absolute atomic E-state index is 0. The Balaban J connectivity index is 0.00000289. The molecule has 0 aliphatic heterocycles. The van der Waals surface area contributed by atoms with Crippen LogP contribution >= 0.6 is 35.3 Å². The largest absolute Gasteiger partial charge is 0.340 e. The van der Waals surface area contributed by atoms with Gasteiger partial charge in [0.15, 0.2) is 0 Å². The van der Waals surface area contributed by atoms with Gasteiger partial charge in [-0.3, -0.25) is 4.79 Å². The quantitative estimate of drug-likeness (QED) is 0.928. The number of carbonyl (C=O) groups is 1. The van der Waals surface area contributed by atoms with E-state index in [0.717, 1.165) is 5.56 Å². The van der Waals surface area contributed by atoms with Gasteiger partial charge in [-0.2, -0.15) is 0 Å². The van der Waals surface area contributed by atoms with E-state index in [9.17, 15) is 4.79 Å². The Morgan fingerprint density at radius 1 is 1.56 bits per heavy atom. The zero-order chi connectivity index (χ0) is 13.2. The summed E-state index contributed by atoms with van der Waals surface area (Å²) >= 11 is 7.48. The first-order valence-corrected chi connectivity index (χ1v) is 6.73. The summed E-state index contributed by atoms with van der Waals surface area (Å²) in [7, 11) is 1.78. The van der Waals surface area contributed by atoms with E-state index in [1.54, 1.807) is 11.9 Å². The molecular weight excluding hydrogens is 291 g/mol. The van der Waals surface area contributed by atoms with E-state index < -0.39 is 0 Å². The van der Waals surface area contributed by atoms with Crippen molar-refractivity contribution in [2.24, 2.45) is 11.1 Å². The van der Waals surface area contributed by atoms with Crippen LogP contribution < -0.4 is 5.73 Å². The molecule has 1 aromatic rings. The van der Waals surface area contributed by atoms with Crippen molar-refractivity contribution in [1.29, 1.82) is 0 Å². The Hall–Kier alpha value is -0.290. The lowest BCUT2D eigenvalue weighted by Crippen LogP contribution is -2.39. The van der Waals surface area contributed by atoms with Crippen LogP contribution in [-0.4, -0.2) is 30.9 Å². The van der Waals surface area contributed by atoms with Gasteiger partial charge in [0.1, 0.15) is 4.88 Å². The summed E-state index contributed by atoms with van der Waals surface area (Å²) in [6, 6.07) is 0. The van der Waals surface area contributed by atoms with E-state index in [2.05, 4.69) is 0 Å². The van der Waals surface area contributed by atoms with Crippen LogP contribution in [0.1, 0.15) is 29.1 Å². The van der Waals surface area contributed by atoms with Crippen molar-refractivity contribution < 1.29 is 4.79 Å². The summed E-state index contributed by atoms with van der Waals surface area (Å²) < 4.78 is 0. The number of carbonyl (C=O) groups excluding carboxylic acids is 1. The molecule has 0 aliphatic rings. The first-order chi connectivity index (χ1) is 7.78. The Morgan fingerprint density at radius 3 is 2.50 bits per heavy atom. The van der Waals surface area contributed by atoms with Crippen LogP contribution in [0.25, 0.3) is 0 Å². The van der Waals surface area contributed by atoms with Crippen molar-refractivity contribution in [3.8, 4) is 0 Å². The lowest BCUT2D eigenvalue weighted by Gasteiger charge is -2.28. The number of aryl methyl sites for hydroxylation is 1. The number of thiophene rings is 1. The fraction of sp³-hybridized carbons (Fsp3) is 0.583. The van der Waals surface area contributed by atoms with Gasteiger partial charge in [0.25, 0.3) is 5.91 Å². The number of rotatable bonds is 4. The van der Waals surface area contributed by atoms with E-state index in [-0.39, 0.29) is 23.7 Å². The predicted molar refractivity (Wildman–Crippen MR) is 81.1 cm³/mol. The number of hydrogen-bond donors (Lipinski definition) is 1. The van der Waals surface area contributed by atoms with Gasteiger partial charge in [-0.15, -0.1) is 23.7 Å². The average molecular weight is 311 g/mol. The van der Waals surface area contributed by atoms with Crippen molar-refractivity contribution in [2.75, 3.05) is 20.1 Å². The van der Waals surface area contributed by atoms with Gasteiger partial charge in [0.2, 0.25) is 0 Å². The molecule has 0 saturated carbocycles. The number of hydrogen-bond acceptors (Lipinski definition) is 3. The second-order valence-electron chi connectivity index (χ2n) is 5.09. The van der Waals surface area contributed by atoms with Gasteiger partial charge >= 0.3 is 0 Å². The molecule has 18 heavy (non-hydrogen) atoms. The van der Waals surface area contributed by atoms with Crippen molar-refractivity contribution in [3.05, 3.63) is 20.8 Å². The lowest BCUT2D eigenvalue weighted by molar-refractivity contribution is 0.0745. The van der Waals surface area contributed by atoms with Crippen LogP contribution in [0.4, 0.5) is 0 Å². The highest BCUT2D eigenvalue weighted by atomic mass is 35.5. The fourth-order valence-electron chi connectivity index (χ4n) is 1.53. The van der Waals surface area contributed by atoms with E-state index >= 15 is 0 Å². The van der Waals surface area contributed by atoms with Crippen molar-refractivity contribution in [3.63, 3.8) is 0 Å². The van der Waals surface area contributed by atoms with E-state index in [4.69, 9.17) is 17.3 Å². The minimum atomic E-state index is -0.0802. The fourth-order valence-corrected chi connectivity index (χ4v) is 2.79. The summed E-state index contributed by atoms with van der Waals surface area (Å²) in [5.41, 5.74) is 6.54. The third-order valence-electron chi connectivity index (χ3n) is 2.66. The van der Waals surface area contributed by atoms with Gasteiger partial charge < -0.3 is 10.6 Å². The molecular formula is C12H20Cl2N2OS. The monoisotopic (exact) mass is 310 g/mol. The zero-order valence-electron chi connectivity index (χ0n) is 11.1. The molecule has 3 nitrogen and oxygen atoms in total. The van der Waals surface area contributed by atoms with Crippen LogP contribution in [0.5, 0.6) is 0 Å². The lowest BCUT2D eigenvalue weighted by atomic mass is 9.93. The van der Waals surface area contributed by atoms with Gasteiger partial charge in [0, 0.05) is 13.6 Å². The maximum atomic E-state index is 12.2. The van der Waals surface area contributed by atoms with Crippen LogP contribution in [-0.2, 0) is 0 Å². The summed E-state index contributed by atoms with van der Waals surface area (Å²) in [6.07, 6.45) is 0. The molecule has 104 valence electrons. The molecule has 0 atom stereocenters. The molecule has 0 fully saturated rings. The summed E-state index contributed by atoms with van der Waals surface area (Å²) in [5, 5.41) is 2.47. The number of amides is 1. The van der Waals surface area contributed by atoms with Gasteiger partial charge in [-0.05, 0) is 29.8 Å². The Kier molecular flexibility index (Phi) is 6.65. The van der Waals surface area contributed by atoms with Crippen molar-refractivity contribution in [2.45, 2.75) is 20.8 Å². The molecule has 0 saturated heterocycles. The first-order valence-electron chi connectivity index (χ1n) is 5.47. The van der Waals surface area contributed by atoms with Crippen LogP contribution in [0, 0.1) is 12.3 Å². The van der Waals surface area contributed by atoms with Crippen LogP contribution in [0.2, 0.25) is 5.02 Å².